The summed E-state index contributed by atoms with van der Waals surface area (Å²) in [6.45, 7) is 3.14. The molecule has 1 aliphatic carbocycles. The van der Waals surface area contributed by atoms with Gasteiger partial charge in [-0.15, -0.1) is 10.2 Å². The Balaban J connectivity index is 1.04. The van der Waals surface area contributed by atoms with Crippen LogP contribution in [0, 0.1) is 11.2 Å². The molecule has 1 spiro atoms. The number of fused-ring (bicyclic) bond motifs is 2. The van der Waals surface area contributed by atoms with Gasteiger partial charge < -0.3 is 14.4 Å². The molecule has 182 valence electrons. The van der Waals surface area contributed by atoms with Gasteiger partial charge in [0.15, 0.2) is 5.65 Å². The van der Waals surface area contributed by atoms with Crippen molar-refractivity contribution in [2.24, 2.45) is 12.5 Å². The summed E-state index contributed by atoms with van der Waals surface area (Å²) in [4.78, 5) is 21.8. The first kappa shape index (κ1) is 22.4. The number of aryl methyl sites for hydroxylation is 2. The maximum atomic E-state index is 14.3. The third-order valence-corrected chi connectivity index (χ3v) is 8.08. The number of nitrogens with zero attached hydrogens (tertiary/aromatic N) is 7. The van der Waals surface area contributed by atoms with Crippen molar-refractivity contribution in [3.8, 4) is 0 Å². The van der Waals surface area contributed by atoms with Gasteiger partial charge in [-0.3, -0.25) is 9.20 Å². The summed E-state index contributed by atoms with van der Waals surface area (Å²) in [6, 6.07) is 5.96. The Labute approximate surface area is 206 Å². The van der Waals surface area contributed by atoms with Crippen molar-refractivity contribution in [2.75, 3.05) is 31.6 Å². The van der Waals surface area contributed by atoms with Crippen LogP contribution < -0.4 is 10.5 Å². The van der Waals surface area contributed by atoms with E-state index < -0.39 is 0 Å². The fourth-order valence-electron chi connectivity index (χ4n) is 5.85. The molecule has 1 aromatic carbocycles. The average Bonchev–Trinajstić information content (AvgIpc) is 3.23. The summed E-state index contributed by atoms with van der Waals surface area (Å²) in [5.74, 6) is -0.204. The molecule has 0 radical (unpaired) electrons. The summed E-state index contributed by atoms with van der Waals surface area (Å²) in [6.07, 6.45) is 8.36. The minimum atomic E-state index is -0.204. The zero-order chi connectivity index (χ0) is 24.3. The predicted molar refractivity (Wildman–Crippen MR) is 134 cm³/mol. The Hall–Kier alpha value is -3.04. The second-order valence-electron chi connectivity index (χ2n) is 10.2. The van der Waals surface area contributed by atoms with Gasteiger partial charge in [-0.1, -0.05) is 11.6 Å². The van der Waals surface area contributed by atoms with Crippen molar-refractivity contribution >= 4 is 33.8 Å². The highest BCUT2D eigenvalue weighted by molar-refractivity contribution is 6.35. The van der Waals surface area contributed by atoms with Crippen LogP contribution in [0.4, 0.5) is 10.1 Å². The molecule has 0 N–H and O–H groups in total. The quantitative estimate of drug-likeness (QED) is 0.409. The Morgan fingerprint density at radius 3 is 2.86 bits per heavy atom. The smallest absolute Gasteiger partial charge is 0.262 e. The fraction of sp³-hybridized carbons (Fsp3) is 0.440. The maximum absolute atomic E-state index is 14.3. The number of pyridine rings is 1. The first-order chi connectivity index (χ1) is 16.8. The van der Waals surface area contributed by atoms with Crippen LogP contribution in [0.15, 0.2) is 41.8 Å². The van der Waals surface area contributed by atoms with E-state index in [1.807, 2.05) is 6.07 Å². The monoisotopic (exact) mass is 495 g/mol. The second-order valence-corrected chi connectivity index (χ2v) is 10.6. The lowest BCUT2D eigenvalue weighted by Crippen LogP contribution is -2.66. The molecule has 1 aliphatic heterocycles. The Morgan fingerprint density at radius 2 is 2.06 bits per heavy atom. The van der Waals surface area contributed by atoms with Crippen LogP contribution in [0.2, 0.25) is 5.02 Å². The van der Waals surface area contributed by atoms with E-state index in [4.69, 9.17) is 11.6 Å². The van der Waals surface area contributed by atoms with Crippen LogP contribution >= 0.6 is 11.6 Å². The summed E-state index contributed by atoms with van der Waals surface area (Å²) in [7, 11) is 3.77. The van der Waals surface area contributed by atoms with Crippen LogP contribution in [0.5, 0.6) is 0 Å². The molecule has 1 saturated carbocycles. The van der Waals surface area contributed by atoms with E-state index in [9.17, 15) is 9.18 Å². The lowest BCUT2D eigenvalue weighted by atomic mass is 9.60. The van der Waals surface area contributed by atoms with Crippen molar-refractivity contribution < 1.29 is 4.39 Å². The third kappa shape index (κ3) is 3.77. The van der Waals surface area contributed by atoms with Gasteiger partial charge in [-0.25, -0.2) is 9.37 Å². The van der Waals surface area contributed by atoms with Crippen molar-refractivity contribution in [1.82, 2.24) is 29.0 Å². The van der Waals surface area contributed by atoms with Gasteiger partial charge in [-0.05, 0) is 61.4 Å². The van der Waals surface area contributed by atoms with Crippen molar-refractivity contribution in [2.45, 2.75) is 31.7 Å². The SMILES string of the molecule is CN(c1ccc(Cl)c2c(=O)n(C)cnc12)C1CC2(C1)CN(CCCc1cc3nncn3cc1F)C2. The normalized spacial score (nSPS) is 17.7. The molecular weight excluding hydrogens is 469 g/mol. The molecule has 0 atom stereocenters. The number of anilines is 1. The number of benzene rings is 1. The van der Waals surface area contributed by atoms with E-state index in [0.29, 0.717) is 45.0 Å². The number of aromatic nitrogens is 5. The minimum Gasteiger partial charge on any atom is -0.370 e. The van der Waals surface area contributed by atoms with Crippen LogP contribution in [0.25, 0.3) is 16.6 Å². The average molecular weight is 496 g/mol. The van der Waals surface area contributed by atoms with Crippen LogP contribution in [-0.2, 0) is 13.5 Å². The predicted octanol–water partition coefficient (Wildman–Crippen LogP) is 3.30. The van der Waals surface area contributed by atoms with Crippen LogP contribution in [-0.4, -0.2) is 61.8 Å². The van der Waals surface area contributed by atoms with Gasteiger partial charge in [0.25, 0.3) is 5.56 Å². The maximum Gasteiger partial charge on any atom is 0.262 e. The summed E-state index contributed by atoms with van der Waals surface area (Å²) in [5.41, 5.74) is 3.23. The molecule has 10 heteroatoms. The Morgan fingerprint density at radius 1 is 1.26 bits per heavy atom. The number of likely N-dealkylation sites (tertiary alicyclic amines) is 1. The largest absolute Gasteiger partial charge is 0.370 e. The molecule has 6 rings (SSSR count). The Bertz CT molecular complexity index is 1480. The van der Waals surface area contributed by atoms with Gasteiger partial charge in [0, 0.05) is 39.4 Å². The van der Waals surface area contributed by atoms with Crippen LogP contribution in [0.1, 0.15) is 24.8 Å². The first-order valence-electron chi connectivity index (χ1n) is 11.9. The number of halogens is 2. The topological polar surface area (TPSA) is 71.6 Å². The van der Waals surface area contributed by atoms with Gasteiger partial charge >= 0.3 is 0 Å². The highest BCUT2D eigenvalue weighted by Gasteiger charge is 2.53. The van der Waals surface area contributed by atoms with E-state index >= 15 is 0 Å². The molecule has 1 saturated heterocycles. The standard InChI is InChI=1S/C25H27ClFN7O/c1-31-14-28-23-20(6-5-18(26)22(23)24(31)35)32(2)17-9-25(10-17)12-33(13-25)7-3-4-16-8-21-30-29-15-34(21)11-19(16)27/h5-6,8,11,14-15,17H,3-4,7,9-10,12-13H2,1-2H3. The molecule has 4 heterocycles. The van der Waals surface area contributed by atoms with E-state index in [0.717, 1.165) is 44.6 Å². The summed E-state index contributed by atoms with van der Waals surface area (Å²) in [5, 5.41) is 8.74. The number of hydrogen-bond donors (Lipinski definition) is 0. The van der Waals surface area contributed by atoms with Crippen molar-refractivity contribution in [1.29, 1.82) is 0 Å². The molecule has 2 aliphatic rings. The highest BCUT2D eigenvalue weighted by atomic mass is 35.5. The van der Waals surface area contributed by atoms with E-state index in [-0.39, 0.29) is 11.4 Å². The second kappa shape index (κ2) is 8.27. The van der Waals surface area contributed by atoms with Gasteiger partial charge in [0.2, 0.25) is 0 Å². The molecule has 8 nitrogen and oxygen atoms in total. The van der Waals surface area contributed by atoms with Crippen LogP contribution in [0.3, 0.4) is 0 Å². The molecule has 3 aromatic heterocycles. The molecule has 0 unspecified atom stereocenters. The summed E-state index contributed by atoms with van der Waals surface area (Å²) < 4.78 is 17.4. The lowest BCUT2D eigenvalue weighted by Gasteiger charge is -2.61. The number of rotatable bonds is 6. The highest BCUT2D eigenvalue weighted by Crippen LogP contribution is 2.51. The molecule has 2 fully saturated rings. The first-order valence-corrected chi connectivity index (χ1v) is 12.3. The zero-order valence-corrected chi connectivity index (χ0v) is 20.5. The lowest BCUT2D eigenvalue weighted by molar-refractivity contribution is -0.0714. The summed E-state index contributed by atoms with van der Waals surface area (Å²) >= 11 is 6.34. The third-order valence-electron chi connectivity index (χ3n) is 7.77. The van der Waals surface area contributed by atoms with Gasteiger partial charge in [-0.2, -0.15) is 0 Å². The molecule has 4 aromatic rings. The van der Waals surface area contributed by atoms with Crippen molar-refractivity contribution in [3.05, 3.63) is 63.8 Å². The van der Waals surface area contributed by atoms with E-state index in [1.54, 1.807) is 29.9 Å². The van der Waals surface area contributed by atoms with E-state index in [1.165, 1.54) is 17.1 Å². The Kier molecular flexibility index (Phi) is 5.30. The molecule has 0 bridgehead atoms. The number of hydrogen-bond acceptors (Lipinski definition) is 6. The molecule has 0 amide bonds. The zero-order valence-electron chi connectivity index (χ0n) is 19.8. The fourth-order valence-corrected chi connectivity index (χ4v) is 6.08. The van der Waals surface area contributed by atoms with Crippen molar-refractivity contribution in [3.63, 3.8) is 0 Å². The van der Waals surface area contributed by atoms with E-state index in [2.05, 4.69) is 32.0 Å². The minimum absolute atomic E-state index is 0.129. The van der Waals surface area contributed by atoms with Gasteiger partial charge in [0.05, 0.1) is 22.4 Å². The molecule has 35 heavy (non-hydrogen) atoms. The molecular formula is C25H27ClFN7O. The van der Waals surface area contributed by atoms with Gasteiger partial charge in [0.1, 0.15) is 17.7 Å².